The third-order valence-corrected chi connectivity index (χ3v) is 6.77. The van der Waals surface area contributed by atoms with E-state index in [4.69, 9.17) is 18.6 Å². The molecule has 1 aromatic heterocycles. The molecule has 0 aliphatic heterocycles. The first-order chi connectivity index (χ1) is 20.6. The van der Waals surface area contributed by atoms with E-state index < -0.39 is 11.2 Å². The summed E-state index contributed by atoms with van der Waals surface area (Å²) < 4.78 is 24.3. The van der Waals surface area contributed by atoms with Crippen LogP contribution in [0.25, 0.3) is 22.3 Å². The first kappa shape index (κ1) is 26.7. The molecule has 6 nitrogen and oxygen atoms in total. The molecule has 208 valence electrons. The summed E-state index contributed by atoms with van der Waals surface area (Å²) in [6.45, 7) is 1.03. The fourth-order valence-corrected chi connectivity index (χ4v) is 4.54. The summed E-state index contributed by atoms with van der Waals surface area (Å²) in [6, 6.07) is 39.5. The van der Waals surface area contributed by atoms with Crippen LogP contribution in [0, 0.1) is 0 Å². The van der Waals surface area contributed by atoms with Crippen molar-refractivity contribution in [2.24, 2.45) is 0 Å². The van der Waals surface area contributed by atoms with Gasteiger partial charge in [0.05, 0.1) is 5.39 Å². The van der Waals surface area contributed by atoms with E-state index in [1.54, 1.807) is 36.4 Å². The second kappa shape index (κ2) is 12.4. The quantitative estimate of drug-likeness (QED) is 0.185. The van der Waals surface area contributed by atoms with Crippen LogP contribution in [0.3, 0.4) is 0 Å². The molecule has 0 bridgehead atoms. The van der Waals surface area contributed by atoms with Crippen molar-refractivity contribution in [3.8, 4) is 34.3 Å². The molecule has 0 aliphatic carbocycles. The summed E-state index contributed by atoms with van der Waals surface area (Å²) in [6.07, 6.45) is 0. The number of rotatable bonds is 10. The van der Waals surface area contributed by atoms with Gasteiger partial charge in [0, 0.05) is 11.6 Å². The van der Waals surface area contributed by atoms with Gasteiger partial charge in [0.2, 0.25) is 11.2 Å². The van der Waals surface area contributed by atoms with E-state index >= 15 is 0 Å². The van der Waals surface area contributed by atoms with Crippen molar-refractivity contribution in [3.05, 3.63) is 154 Å². The molecular formula is C36H28O6. The van der Waals surface area contributed by atoms with Gasteiger partial charge in [-0.1, -0.05) is 91.0 Å². The molecule has 0 unspecified atom stereocenters. The Balaban J connectivity index is 1.32. The molecule has 6 rings (SSSR count). The lowest BCUT2D eigenvalue weighted by molar-refractivity contribution is 0.256. The molecule has 0 radical (unpaired) electrons. The minimum Gasteiger partial charge on any atom is -0.502 e. The largest absolute Gasteiger partial charge is 0.502 e. The average Bonchev–Trinajstić information content (AvgIpc) is 3.05. The molecule has 6 heteroatoms. The lowest BCUT2D eigenvalue weighted by atomic mass is 10.1. The van der Waals surface area contributed by atoms with Crippen LogP contribution in [0.4, 0.5) is 0 Å². The Morgan fingerprint density at radius 1 is 0.571 bits per heavy atom. The second-order valence-corrected chi connectivity index (χ2v) is 9.75. The van der Waals surface area contributed by atoms with Crippen LogP contribution in [0.5, 0.6) is 23.0 Å². The van der Waals surface area contributed by atoms with Crippen LogP contribution in [-0.4, -0.2) is 5.11 Å². The molecule has 0 saturated carbocycles. The van der Waals surface area contributed by atoms with Crippen LogP contribution >= 0.6 is 0 Å². The van der Waals surface area contributed by atoms with Gasteiger partial charge >= 0.3 is 0 Å². The van der Waals surface area contributed by atoms with E-state index in [0.29, 0.717) is 48.2 Å². The molecule has 0 amide bonds. The predicted octanol–water partition coefficient (Wildman–Crippen LogP) is 7.90. The van der Waals surface area contributed by atoms with Gasteiger partial charge in [0.25, 0.3) is 0 Å². The topological polar surface area (TPSA) is 78.1 Å². The van der Waals surface area contributed by atoms with Crippen molar-refractivity contribution in [1.29, 1.82) is 0 Å². The van der Waals surface area contributed by atoms with E-state index in [0.717, 1.165) is 16.7 Å². The molecular weight excluding hydrogens is 528 g/mol. The molecule has 0 spiro atoms. The van der Waals surface area contributed by atoms with Gasteiger partial charge in [-0.25, -0.2) is 0 Å². The molecule has 5 aromatic carbocycles. The number of benzene rings is 5. The Morgan fingerprint density at radius 2 is 1.12 bits per heavy atom. The fraction of sp³-hybridized carbons (Fsp3) is 0.0833. The summed E-state index contributed by atoms with van der Waals surface area (Å²) in [5, 5.41) is 11.1. The van der Waals surface area contributed by atoms with Crippen LogP contribution in [-0.2, 0) is 19.8 Å². The normalized spacial score (nSPS) is 10.9. The minimum atomic E-state index is -0.531. The maximum absolute atomic E-state index is 13.1. The molecule has 42 heavy (non-hydrogen) atoms. The zero-order valence-corrected chi connectivity index (χ0v) is 22.7. The first-order valence-electron chi connectivity index (χ1n) is 13.6. The van der Waals surface area contributed by atoms with Crippen molar-refractivity contribution in [1.82, 2.24) is 0 Å². The summed E-state index contributed by atoms with van der Waals surface area (Å²) >= 11 is 0. The van der Waals surface area contributed by atoms with Gasteiger partial charge in [0.15, 0.2) is 17.3 Å². The van der Waals surface area contributed by atoms with Gasteiger partial charge in [-0.05, 0) is 47.0 Å². The van der Waals surface area contributed by atoms with Gasteiger partial charge in [0.1, 0.15) is 31.2 Å². The Hall–Kier alpha value is -5.49. The number of hydrogen-bond acceptors (Lipinski definition) is 6. The average molecular weight is 557 g/mol. The van der Waals surface area contributed by atoms with E-state index in [2.05, 4.69) is 0 Å². The molecule has 6 aromatic rings. The van der Waals surface area contributed by atoms with Crippen molar-refractivity contribution >= 4 is 11.0 Å². The van der Waals surface area contributed by atoms with Crippen molar-refractivity contribution in [2.75, 3.05) is 0 Å². The Kier molecular flexibility index (Phi) is 7.86. The Morgan fingerprint density at radius 3 is 1.71 bits per heavy atom. The molecule has 0 saturated heterocycles. The lowest BCUT2D eigenvalue weighted by Crippen LogP contribution is -2.04. The van der Waals surface area contributed by atoms with E-state index in [1.165, 1.54) is 0 Å². The smallest absolute Gasteiger partial charge is 0.235 e. The third-order valence-electron chi connectivity index (χ3n) is 6.77. The Bertz CT molecular complexity index is 1850. The zero-order valence-electron chi connectivity index (χ0n) is 22.7. The maximum atomic E-state index is 13.1. The molecule has 0 atom stereocenters. The van der Waals surface area contributed by atoms with Crippen LogP contribution in [0.15, 0.2) is 137 Å². The predicted molar refractivity (Wildman–Crippen MR) is 162 cm³/mol. The zero-order chi connectivity index (χ0) is 28.7. The van der Waals surface area contributed by atoms with Gasteiger partial charge in [-0.2, -0.15) is 0 Å². The van der Waals surface area contributed by atoms with Crippen molar-refractivity contribution in [2.45, 2.75) is 19.8 Å². The number of ether oxygens (including phenoxy) is 3. The highest BCUT2D eigenvalue weighted by molar-refractivity contribution is 5.83. The highest BCUT2D eigenvalue weighted by Gasteiger charge is 2.18. The van der Waals surface area contributed by atoms with E-state index in [9.17, 15) is 9.90 Å². The number of fused-ring (bicyclic) bond motifs is 1. The Labute approximate surface area is 243 Å². The van der Waals surface area contributed by atoms with Crippen molar-refractivity contribution < 1.29 is 23.7 Å². The third kappa shape index (κ3) is 6.13. The summed E-state index contributed by atoms with van der Waals surface area (Å²) in [4.78, 5) is 13.1. The lowest BCUT2D eigenvalue weighted by Gasteiger charge is -2.15. The fourth-order valence-electron chi connectivity index (χ4n) is 4.54. The summed E-state index contributed by atoms with van der Waals surface area (Å²) in [5.74, 6) is 1.08. The van der Waals surface area contributed by atoms with Crippen LogP contribution in [0.1, 0.15) is 16.7 Å². The van der Waals surface area contributed by atoms with Gasteiger partial charge in [-0.3, -0.25) is 4.79 Å². The maximum Gasteiger partial charge on any atom is 0.235 e. The molecule has 1 heterocycles. The van der Waals surface area contributed by atoms with Gasteiger partial charge < -0.3 is 23.7 Å². The highest BCUT2D eigenvalue weighted by Crippen LogP contribution is 2.37. The number of hydrogen-bond donors (Lipinski definition) is 1. The monoisotopic (exact) mass is 556 g/mol. The summed E-state index contributed by atoms with van der Waals surface area (Å²) in [5.41, 5.74) is 3.26. The van der Waals surface area contributed by atoms with Crippen LogP contribution < -0.4 is 19.6 Å². The summed E-state index contributed by atoms with van der Waals surface area (Å²) in [7, 11) is 0. The van der Waals surface area contributed by atoms with E-state index in [1.807, 2.05) is 91.0 Å². The van der Waals surface area contributed by atoms with Gasteiger partial charge in [-0.15, -0.1) is 0 Å². The SMILES string of the molecule is O=c1c(O)c(-c2ccc(OCc3ccccc3)c(OCc3ccccc3)c2)oc2cc(OCc3ccccc3)ccc12. The minimum absolute atomic E-state index is 0.0341. The highest BCUT2D eigenvalue weighted by atomic mass is 16.5. The molecule has 0 aliphatic rings. The standard InChI is InChI=1S/C36H28O6/c37-34-30-18-17-29(39-22-25-10-4-1-5-11-25)21-32(30)42-36(35(34)38)28-16-19-31(40-23-26-12-6-2-7-13-26)33(20-28)41-24-27-14-8-3-9-15-27/h1-21,38H,22-24H2. The second-order valence-electron chi connectivity index (χ2n) is 9.75. The van der Waals surface area contributed by atoms with Crippen molar-refractivity contribution in [3.63, 3.8) is 0 Å². The first-order valence-corrected chi connectivity index (χ1v) is 13.6. The van der Waals surface area contributed by atoms with E-state index in [-0.39, 0.29) is 11.1 Å². The molecule has 1 N–H and O–H groups in total. The van der Waals surface area contributed by atoms with Crippen LogP contribution in [0.2, 0.25) is 0 Å². The molecule has 0 fully saturated rings. The number of aromatic hydroxyl groups is 1.